The van der Waals surface area contributed by atoms with E-state index in [1.54, 1.807) is 0 Å². The number of hydrogen-bond acceptors (Lipinski definition) is 2. The summed E-state index contributed by atoms with van der Waals surface area (Å²) in [6.45, 7) is 6.68. The van der Waals surface area contributed by atoms with E-state index in [4.69, 9.17) is 0 Å². The molecule has 1 atom stereocenters. The van der Waals surface area contributed by atoms with Crippen molar-refractivity contribution in [3.8, 4) is 0 Å². The highest BCUT2D eigenvalue weighted by atomic mass is 16.3. The first-order chi connectivity index (χ1) is 7.72. The fraction of sp³-hybridized carbons (Fsp3) is 0.571. The lowest BCUT2D eigenvalue weighted by atomic mass is 9.95. The van der Waals surface area contributed by atoms with Gasteiger partial charge in [-0.3, -0.25) is 4.90 Å². The first-order valence-electron chi connectivity index (χ1n) is 6.14. The van der Waals surface area contributed by atoms with Crippen molar-refractivity contribution in [2.75, 3.05) is 13.2 Å². The highest BCUT2D eigenvalue weighted by Crippen LogP contribution is 2.22. The standard InChI is InChI=1S/C14H21NO/c1-11(2)14(10-16)15-8-7-12-5-3-4-6-13(12)9-15/h3-6,11,14,16H,7-10H2,1-2H3. The number of fused-ring (bicyclic) bond motifs is 1. The van der Waals surface area contributed by atoms with Gasteiger partial charge >= 0.3 is 0 Å². The van der Waals surface area contributed by atoms with E-state index in [-0.39, 0.29) is 6.61 Å². The zero-order valence-corrected chi connectivity index (χ0v) is 10.2. The van der Waals surface area contributed by atoms with E-state index in [9.17, 15) is 5.11 Å². The van der Waals surface area contributed by atoms with Crippen LogP contribution in [0.3, 0.4) is 0 Å². The Balaban J connectivity index is 2.12. The third-order valence-electron chi connectivity index (χ3n) is 3.59. The molecule has 0 aliphatic carbocycles. The van der Waals surface area contributed by atoms with Crippen molar-refractivity contribution in [3.63, 3.8) is 0 Å². The molecule has 0 amide bonds. The predicted octanol–water partition coefficient (Wildman–Crippen LogP) is 2.06. The van der Waals surface area contributed by atoms with Crippen LogP contribution < -0.4 is 0 Å². The largest absolute Gasteiger partial charge is 0.395 e. The molecule has 0 saturated heterocycles. The van der Waals surface area contributed by atoms with Crippen LogP contribution in [0.4, 0.5) is 0 Å². The van der Waals surface area contributed by atoms with Crippen LogP contribution in [0, 0.1) is 5.92 Å². The van der Waals surface area contributed by atoms with Crippen LogP contribution in [0.25, 0.3) is 0 Å². The van der Waals surface area contributed by atoms with E-state index < -0.39 is 0 Å². The van der Waals surface area contributed by atoms with E-state index in [0.717, 1.165) is 19.5 Å². The molecule has 1 unspecified atom stereocenters. The maximum Gasteiger partial charge on any atom is 0.0589 e. The van der Waals surface area contributed by atoms with E-state index in [0.29, 0.717) is 12.0 Å². The van der Waals surface area contributed by atoms with Crippen LogP contribution in [-0.4, -0.2) is 29.2 Å². The van der Waals surface area contributed by atoms with Crippen LogP contribution in [0.15, 0.2) is 24.3 Å². The van der Waals surface area contributed by atoms with Crippen LogP contribution in [0.1, 0.15) is 25.0 Å². The summed E-state index contributed by atoms with van der Waals surface area (Å²) in [7, 11) is 0. The molecular formula is C14H21NO. The van der Waals surface area contributed by atoms with Gasteiger partial charge in [0.1, 0.15) is 0 Å². The van der Waals surface area contributed by atoms with Crippen molar-refractivity contribution in [1.29, 1.82) is 0 Å². The predicted molar refractivity (Wildman–Crippen MR) is 66.3 cm³/mol. The Kier molecular flexibility index (Phi) is 3.62. The van der Waals surface area contributed by atoms with Gasteiger partial charge in [-0.2, -0.15) is 0 Å². The fourth-order valence-electron chi connectivity index (χ4n) is 2.55. The molecule has 88 valence electrons. The SMILES string of the molecule is CC(C)C(CO)N1CCc2ccccc2C1. The molecular weight excluding hydrogens is 198 g/mol. The lowest BCUT2D eigenvalue weighted by Crippen LogP contribution is -2.44. The third-order valence-corrected chi connectivity index (χ3v) is 3.59. The fourth-order valence-corrected chi connectivity index (χ4v) is 2.55. The van der Waals surface area contributed by atoms with Gasteiger partial charge in [0.05, 0.1) is 6.61 Å². The summed E-state index contributed by atoms with van der Waals surface area (Å²) in [6.07, 6.45) is 1.11. The first kappa shape index (κ1) is 11.6. The smallest absolute Gasteiger partial charge is 0.0589 e. The molecule has 1 aromatic carbocycles. The average molecular weight is 219 g/mol. The van der Waals surface area contributed by atoms with E-state index in [1.165, 1.54) is 11.1 Å². The summed E-state index contributed by atoms with van der Waals surface area (Å²) in [5.41, 5.74) is 2.90. The monoisotopic (exact) mass is 219 g/mol. The second-order valence-corrected chi connectivity index (χ2v) is 4.98. The Hall–Kier alpha value is -0.860. The first-order valence-corrected chi connectivity index (χ1v) is 6.14. The molecule has 0 aromatic heterocycles. The summed E-state index contributed by atoms with van der Waals surface area (Å²) in [5.74, 6) is 0.510. The molecule has 0 radical (unpaired) electrons. The summed E-state index contributed by atoms with van der Waals surface area (Å²) < 4.78 is 0. The minimum absolute atomic E-state index is 0.264. The zero-order chi connectivity index (χ0) is 11.5. The maximum atomic E-state index is 9.46. The molecule has 1 aliphatic heterocycles. The van der Waals surface area contributed by atoms with Crippen LogP contribution in [0.5, 0.6) is 0 Å². The van der Waals surface area contributed by atoms with Gasteiger partial charge in [0, 0.05) is 19.1 Å². The second-order valence-electron chi connectivity index (χ2n) is 4.98. The van der Waals surface area contributed by atoms with Crippen molar-refractivity contribution >= 4 is 0 Å². The van der Waals surface area contributed by atoms with E-state index >= 15 is 0 Å². The van der Waals surface area contributed by atoms with Gasteiger partial charge in [-0.15, -0.1) is 0 Å². The Morgan fingerprint density at radius 1 is 1.25 bits per heavy atom. The molecule has 1 aliphatic rings. The van der Waals surface area contributed by atoms with E-state index in [1.807, 2.05) is 0 Å². The van der Waals surface area contributed by atoms with Gasteiger partial charge in [0.15, 0.2) is 0 Å². The van der Waals surface area contributed by atoms with Crippen LogP contribution in [0.2, 0.25) is 0 Å². The molecule has 0 fully saturated rings. The summed E-state index contributed by atoms with van der Waals surface area (Å²) in [6, 6.07) is 8.94. The van der Waals surface area contributed by atoms with Crippen molar-refractivity contribution in [2.45, 2.75) is 32.9 Å². The van der Waals surface area contributed by atoms with Gasteiger partial charge in [-0.05, 0) is 23.5 Å². The molecule has 2 rings (SSSR count). The Morgan fingerprint density at radius 2 is 1.94 bits per heavy atom. The quantitative estimate of drug-likeness (QED) is 0.841. The summed E-state index contributed by atoms with van der Waals surface area (Å²) in [5, 5.41) is 9.46. The van der Waals surface area contributed by atoms with Gasteiger partial charge in [-0.25, -0.2) is 0 Å². The van der Waals surface area contributed by atoms with Gasteiger partial charge < -0.3 is 5.11 Å². The van der Waals surface area contributed by atoms with Gasteiger partial charge in [0.2, 0.25) is 0 Å². The minimum atomic E-state index is 0.264. The molecule has 0 bridgehead atoms. The molecule has 2 nitrogen and oxygen atoms in total. The van der Waals surface area contributed by atoms with Crippen molar-refractivity contribution in [3.05, 3.63) is 35.4 Å². The topological polar surface area (TPSA) is 23.5 Å². The Labute approximate surface area is 97.9 Å². The number of nitrogens with zero attached hydrogens (tertiary/aromatic N) is 1. The molecule has 0 spiro atoms. The molecule has 16 heavy (non-hydrogen) atoms. The molecule has 1 aromatic rings. The van der Waals surface area contributed by atoms with Crippen molar-refractivity contribution < 1.29 is 5.11 Å². The highest BCUT2D eigenvalue weighted by Gasteiger charge is 2.24. The van der Waals surface area contributed by atoms with Crippen molar-refractivity contribution in [2.24, 2.45) is 5.92 Å². The van der Waals surface area contributed by atoms with Crippen LogP contribution >= 0.6 is 0 Å². The molecule has 2 heteroatoms. The van der Waals surface area contributed by atoms with Gasteiger partial charge in [-0.1, -0.05) is 38.1 Å². The number of hydrogen-bond donors (Lipinski definition) is 1. The maximum absolute atomic E-state index is 9.46. The Morgan fingerprint density at radius 3 is 2.56 bits per heavy atom. The molecule has 1 N–H and O–H groups in total. The normalized spacial score (nSPS) is 18.5. The average Bonchev–Trinajstić information content (AvgIpc) is 2.29. The third kappa shape index (κ3) is 2.28. The minimum Gasteiger partial charge on any atom is -0.395 e. The number of benzene rings is 1. The van der Waals surface area contributed by atoms with Crippen LogP contribution in [-0.2, 0) is 13.0 Å². The molecule has 1 heterocycles. The number of aliphatic hydroxyl groups is 1. The van der Waals surface area contributed by atoms with Crippen molar-refractivity contribution in [1.82, 2.24) is 4.90 Å². The number of rotatable bonds is 3. The van der Waals surface area contributed by atoms with E-state index in [2.05, 4.69) is 43.0 Å². The highest BCUT2D eigenvalue weighted by molar-refractivity contribution is 5.29. The second kappa shape index (κ2) is 4.98. The number of aliphatic hydroxyl groups excluding tert-OH is 1. The summed E-state index contributed by atoms with van der Waals surface area (Å²) >= 11 is 0. The van der Waals surface area contributed by atoms with Gasteiger partial charge in [0.25, 0.3) is 0 Å². The lowest BCUT2D eigenvalue weighted by Gasteiger charge is -2.36. The summed E-state index contributed by atoms with van der Waals surface area (Å²) in [4.78, 5) is 2.41. The Bertz CT molecular complexity index is 348. The zero-order valence-electron chi connectivity index (χ0n) is 10.2. The molecule has 0 saturated carbocycles. The lowest BCUT2D eigenvalue weighted by molar-refractivity contribution is 0.0804.